The molecule has 0 aliphatic heterocycles. The Morgan fingerprint density at radius 1 is 1.30 bits per heavy atom. The van der Waals surface area contributed by atoms with Gasteiger partial charge in [0.25, 0.3) is 0 Å². The van der Waals surface area contributed by atoms with E-state index in [9.17, 15) is 9.90 Å². The fourth-order valence-corrected chi connectivity index (χ4v) is 5.64. The maximum absolute atomic E-state index is 11.4. The molecular weight excluding hydrogens is 637 g/mol. The lowest BCUT2D eigenvalue weighted by atomic mass is 9.70. The van der Waals surface area contributed by atoms with Crippen LogP contribution in [0.5, 0.6) is 5.75 Å². The number of aromatic hydroxyl groups is 1. The molecule has 3 rings (SSSR count). The van der Waals surface area contributed by atoms with Crippen molar-refractivity contribution in [2.24, 2.45) is 21.1 Å². The van der Waals surface area contributed by atoms with Gasteiger partial charge in [-0.2, -0.15) is 0 Å². The van der Waals surface area contributed by atoms with Crippen molar-refractivity contribution in [3.8, 4) is 16.9 Å². The molecule has 40 heavy (non-hydrogen) atoms. The van der Waals surface area contributed by atoms with E-state index in [-0.39, 0.29) is 17.3 Å². The molecule has 1 aromatic rings. The summed E-state index contributed by atoms with van der Waals surface area (Å²) in [4.78, 5) is 19.8. The van der Waals surface area contributed by atoms with E-state index < -0.39 is 5.60 Å². The first-order valence-corrected chi connectivity index (χ1v) is 17.0. The molecule has 10 heteroatoms. The molecule has 2 aliphatic carbocycles. The van der Waals surface area contributed by atoms with Crippen molar-refractivity contribution < 1.29 is 14.6 Å². The first kappa shape index (κ1) is 33.8. The molecule has 5 N–H and O–H groups in total. The third kappa shape index (κ3) is 9.91. The minimum absolute atomic E-state index is 0.222. The number of amidine groups is 1. The lowest BCUT2D eigenvalue weighted by Gasteiger charge is -2.36. The Hall–Kier alpha value is -2.39. The summed E-state index contributed by atoms with van der Waals surface area (Å²) in [5.74, 6) is 3.75. The topological polar surface area (TPSA) is 121 Å². The Bertz CT molecular complexity index is 1170. The van der Waals surface area contributed by atoms with Crippen molar-refractivity contribution in [3.63, 3.8) is 0 Å². The first-order valence-electron chi connectivity index (χ1n) is 13.6. The summed E-state index contributed by atoms with van der Waals surface area (Å²) in [6, 6.07) is 3.87. The van der Waals surface area contributed by atoms with Crippen LogP contribution in [-0.4, -0.2) is 49.0 Å². The zero-order chi connectivity index (χ0) is 29.9. The maximum atomic E-state index is 11.4. The molecule has 0 spiro atoms. The monoisotopic (exact) mass is 681 g/mol. The van der Waals surface area contributed by atoms with Gasteiger partial charge in [-0.15, -0.1) is 0 Å². The summed E-state index contributed by atoms with van der Waals surface area (Å²) in [5, 5.41) is 19.6. The fraction of sp³-hybridized carbons (Fsp3) is 0.567. The van der Waals surface area contributed by atoms with Crippen LogP contribution in [0.3, 0.4) is 0 Å². The van der Waals surface area contributed by atoms with E-state index in [1.165, 1.54) is 28.2 Å². The number of halogens is 1. The fourth-order valence-electron chi connectivity index (χ4n) is 5.02. The number of nitrogens with zero attached hydrogens (tertiary/aromatic N) is 2. The lowest BCUT2D eigenvalue weighted by Crippen LogP contribution is -2.39. The number of aliphatic imine (C=N–C) groups is 2. The largest absolute Gasteiger partial charge is 0.506 e. The van der Waals surface area contributed by atoms with Crippen LogP contribution in [0.15, 0.2) is 27.7 Å². The average Bonchev–Trinajstić information content (AvgIpc) is 2.88. The zero-order valence-corrected chi connectivity index (χ0v) is 27.6. The lowest BCUT2D eigenvalue weighted by molar-refractivity contribution is 0.0493. The molecule has 0 unspecified atom stereocenters. The average molecular weight is 682 g/mol. The van der Waals surface area contributed by atoms with Gasteiger partial charge in [0.2, 0.25) is 0 Å². The minimum atomic E-state index is -0.390. The first-order chi connectivity index (χ1) is 18.8. The van der Waals surface area contributed by atoms with Gasteiger partial charge in [-0.1, -0.05) is 39.0 Å². The van der Waals surface area contributed by atoms with Crippen molar-refractivity contribution in [1.29, 1.82) is 0 Å². The molecule has 220 valence electrons. The summed E-state index contributed by atoms with van der Waals surface area (Å²) < 4.78 is 5.19. The number of alkyl carbamates (subject to hydrolysis) is 1. The number of hydrogen-bond acceptors (Lipinski definition) is 7. The van der Waals surface area contributed by atoms with Crippen molar-refractivity contribution in [1.82, 2.24) is 5.32 Å². The molecule has 0 bridgehead atoms. The second kappa shape index (κ2) is 15.6. The summed E-state index contributed by atoms with van der Waals surface area (Å²) in [6.07, 6.45) is 7.07. The zero-order valence-electron chi connectivity index (χ0n) is 24.6. The van der Waals surface area contributed by atoms with Crippen LogP contribution in [0, 0.1) is 16.6 Å². The molecule has 1 amide bonds. The number of carbonyl (C=O) groups excluding carboxylic acids is 1. The quantitative estimate of drug-likeness (QED) is 0.0637. The van der Waals surface area contributed by atoms with Crippen molar-refractivity contribution in [2.45, 2.75) is 91.2 Å². The molecule has 0 saturated heterocycles. The van der Waals surface area contributed by atoms with E-state index >= 15 is 0 Å². The number of carbonyl (C=O) groups is 1. The molecule has 0 radical (unpaired) electrons. The molecule has 1 saturated carbocycles. The van der Waals surface area contributed by atoms with Gasteiger partial charge in [-0.3, -0.25) is 9.98 Å². The van der Waals surface area contributed by atoms with E-state index in [2.05, 4.69) is 73.6 Å². The standard InChI is InChI=1S/C19H23IN4OS.C11H21NO2/c1-19(2)11-13-12(17(22-3)15(19)18(21)23-4)7-8-14(25)16(13)24-9-5-6-10-26-20;1-11(2,3)14-10(13)12-9-7-5-4-6-8-9/h7-8,24-25H,3,5,9,11H2,1-2,4H3,(H2,21,23);9H,4-8H2,1-3H3,(H,12,13). The van der Waals surface area contributed by atoms with Crippen LogP contribution in [0.4, 0.5) is 10.5 Å². The van der Waals surface area contributed by atoms with Crippen molar-refractivity contribution in [3.05, 3.63) is 28.8 Å². The molecule has 2 aliphatic rings. The Morgan fingerprint density at radius 3 is 2.55 bits per heavy atom. The number of anilines is 1. The number of nitrogens with one attached hydrogen (secondary N) is 2. The normalized spacial score (nSPS) is 16.9. The summed E-state index contributed by atoms with van der Waals surface area (Å²) >= 11 is 2.15. The second-order valence-corrected chi connectivity index (χ2v) is 13.2. The van der Waals surface area contributed by atoms with Crippen LogP contribution >= 0.6 is 30.1 Å². The highest BCUT2D eigenvalue weighted by Gasteiger charge is 2.37. The van der Waals surface area contributed by atoms with Gasteiger partial charge < -0.3 is 26.2 Å². The molecule has 0 aromatic heterocycles. The van der Waals surface area contributed by atoms with Gasteiger partial charge in [-0.25, -0.2) is 4.79 Å². The van der Waals surface area contributed by atoms with E-state index in [1.54, 1.807) is 13.1 Å². The molecule has 0 atom stereocenters. The van der Waals surface area contributed by atoms with Gasteiger partial charge in [0, 0.05) is 58.4 Å². The number of phenols is 1. The predicted octanol–water partition coefficient (Wildman–Crippen LogP) is 7.06. The van der Waals surface area contributed by atoms with E-state index in [0.29, 0.717) is 31.3 Å². The number of fused-ring (bicyclic) bond motifs is 1. The van der Waals surface area contributed by atoms with Gasteiger partial charge >= 0.3 is 6.09 Å². The van der Waals surface area contributed by atoms with Crippen LogP contribution < -0.4 is 16.4 Å². The van der Waals surface area contributed by atoms with Crippen LogP contribution in [-0.2, 0) is 11.2 Å². The Morgan fingerprint density at radius 2 is 1.98 bits per heavy atom. The van der Waals surface area contributed by atoms with Crippen LogP contribution in [0.25, 0.3) is 5.70 Å². The summed E-state index contributed by atoms with van der Waals surface area (Å²) in [5.41, 5.74) is 9.78. The number of amides is 1. The van der Waals surface area contributed by atoms with Crippen LogP contribution in [0.2, 0.25) is 0 Å². The number of hydrogen-bond donors (Lipinski definition) is 4. The smallest absolute Gasteiger partial charge is 0.407 e. The molecule has 1 fully saturated rings. The van der Waals surface area contributed by atoms with Gasteiger partial charge in [0.15, 0.2) is 0 Å². The van der Waals surface area contributed by atoms with E-state index in [0.717, 1.165) is 40.9 Å². The third-order valence-corrected chi connectivity index (χ3v) is 7.60. The Labute approximate surface area is 256 Å². The summed E-state index contributed by atoms with van der Waals surface area (Å²) in [6.45, 7) is 14.2. The van der Waals surface area contributed by atoms with Crippen molar-refractivity contribution >= 4 is 60.2 Å². The maximum Gasteiger partial charge on any atom is 0.407 e. The molecule has 0 heterocycles. The van der Waals surface area contributed by atoms with Gasteiger partial charge in [0.05, 0.1) is 11.4 Å². The van der Waals surface area contributed by atoms with Crippen molar-refractivity contribution in [2.75, 3.05) is 18.9 Å². The second-order valence-electron chi connectivity index (χ2n) is 11.6. The highest BCUT2D eigenvalue weighted by molar-refractivity contribution is 14.2. The summed E-state index contributed by atoms with van der Waals surface area (Å²) in [7, 11) is 3.14. The van der Waals surface area contributed by atoms with E-state index in [4.69, 9.17) is 10.5 Å². The van der Waals surface area contributed by atoms with E-state index in [1.807, 2.05) is 26.8 Å². The Kier molecular flexibility index (Phi) is 13.2. The van der Waals surface area contributed by atoms with Gasteiger partial charge in [0.1, 0.15) is 17.2 Å². The molecule has 1 aromatic carbocycles. The number of benzene rings is 1. The highest BCUT2D eigenvalue weighted by atomic mass is 127. The molecule has 8 nitrogen and oxygen atoms in total. The Balaban J connectivity index is 0.000000337. The predicted molar refractivity (Wildman–Crippen MR) is 178 cm³/mol. The minimum Gasteiger partial charge on any atom is -0.506 e. The number of phenolic OH excluding ortho intramolecular Hbond substituents is 1. The van der Waals surface area contributed by atoms with Crippen LogP contribution in [0.1, 0.15) is 84.3 Å². The number of rotatable bonds is 6. The SMILES string of the molecule is C=NC1=C(C(N)=NC)C(C)(C)Cc2c1ccc(O)c2NCCC#CSI.CC(C)(C)OC(=O)NC1CCCCC1. The van der Waals surface area contributed by atoms with Gasteiger partial charge in [-0.05, 0) is 84.0 Å². The highest BCUT2D eigenvalue weighted by Crippen LogP contribution is 2.47. The number of ether oxygens (including phenoxy) is 1. The number of nitrogens with two attached hydrogens (primary N) is 1. The third-order valence-electron chi connectivity index (χ3n) is 6.72. The molecular formula is C30H44IN5O3S.